The van der Waals surface area contributed by atoms with Gasteiger partial charge in [0, 0.05) is 39.0 Å². The molecular weight excluding hydrogens is 534 g/mol. The van der Waals surface area contributed by atoms with Gasteiger partial charge in [-0.15, -0.1) is 0 Å². The standard InChI is InChI=1S/C24H30Cl2F3N5O3/c1-36-20-11-18(30)17(26)10-15(20)23(35)33-19-5-8-34(13-21(19)37-2)7-4-3-6-31-22-16(24(27,28)29)9-14(25)12-32-22/h9-12,19,21H,3-8,13,30H2,1-2H3,(H,31,32)(H,33,35)/t19-,21+/m1/s1. The molecule has 0 saturated carbocycles. The number of nitrogens with zero attached hydrogens (tertiary/aromatic N) is 2. The Morgan fingerprint density at radius 1 is 1.24 bits per heavy atom. The monoisotopic (exact) mass is 563 g/mol. The van der Waals surface area contributed by atoms with E-state index in [-0.39, 0.29) is 39.5 Å². The lowest BCUT2D eigenvalue weighted by molar-refractivity contribution is -0.137. The number of ether oxygens (including phenoxy) is 2. The van der Waals surface area contributed by atoms with Crippen molar-refractivity contribution in [2.45, 2.75) is 37.6 Å². The molecule has 0 aliphatic carbocycles. The number of hydrogen-bond acceptors (Lipinski definition) is 7. The fourth-order valence-corrected chi connectivity index (χ4v) is 4.53. The van der Waals surface area contributed by atoms with E-state index >= 15 is 0 Å². The molecule has 1 saturated heterocycles. The summed E-state index contributed by atoms with van der Waals surface area (Å²) < 4.78 is 50.5. The van der Waals surface area contributed by atoms with E-state index in [2.05, 4.69) is 20.5 Å². The number of piperidine rings is 1. The minimum atomic E-state index is -4.54. The normalized spacial score (nSPS) is 18.5. The van der Waals surface area contributed by atoms with Crippen molar-refractivity contribution in [2.24, 2.45) is 0 Å². The Morgan fingerprint density at radius 2 is 2.00 bits per heavy atom. The number of likely N-dealkylation sites (tertiary alicyclic amines) is 1. The highest BCUT2D eigenvalue weighted by Gasteiger charge is 2.35. The Morgan fingerprint density at radius 3 is 2.68 bits per heavy atom. The Hall–Kier alpha value is -2.47. The van der Waals surface area contributed by atoms with Crippen molar-refractivity contribution < 1.29 is 27.4 Å². The summed E-state index contributed by atoms with van der Waals surface area (Å²) >= 11 is 11.8. The number of benzene rings is 1. The first-order valence-corrected chi connectivity index (χ1v) is 12.4. The number of hydrogen-bond donors (Lipinski definition) is 3. The maximum atomic E-state index is 13.2. The molecule has 1 aliphatic heterocycles. The maximum absolute atomic E-state index is 13.2. The highest BCUT2D eigenvalue weighted by Crippen LogP contribution is 2.35. The number of nitrogens with two attached hydrogens (primary N) is 1. The second-order valence-corrected chi connectivity index (χ2v) is 9.54. The molecule has 2 atom stereocenters. The van der Waals surface area contributed by atoms with Crippen LogP contribution in [0.15, 0.2) is 24.4 Å². The largest absolute Gasteiger partial charge is 0.496 e. The third-order valence-corrected chi connectivity index (χ3v) is 6.71. The van der Waals surface area contributed by atoms with Crippen LogP contribution in [0.1, 0.15) is 35.2 Å². The smallest absolute Gasteiger partial charge is 0.420 e. The highest BCUT2D eigenvalue weighted by atomic mass is 35.5. The van der Waals surface area contributed by atoms with Crippen LogP contribution in [0.5, 0.6) is 5.75 Å². The first-order chi connectivity index (χ1) is 17.5. The molecule has 13 heteroatoms. The van der Waals surface area contributed by atoms with Crippen LogP contribution in [0.4, 0.5) is 24.7 Å². The van der Waals surface area contributed by atoms with Crippen molar-refractivity contribution in [1.82, 2.24) is 15.2 Å². The molecule has 0 radical (unpaired) electrons. The zero-order valence-corrected chi connectivity index (χ0v) is 22.0. The molecule has 1 aliphatic rings. The van der Waals surface area contributed by atoms with Crippen molar-refractivity contribution in [3.63, 3.8) is 0 Å². The molecule has 1 amide bonds. The lowest BCUT2D eigenvalue weighted by atomic mass is 10.0. The summed E-state index contributed by atoms with van der Waals surface area (Å²) in [6, 6.07) is 3.64. The van der Waals surface area contributed by atoms with Gasteiger partial charge in [0.2, 0.25) is 0 Å². The number of rotatable bonds is 10. The van der Waals surface area contributed by atoms with E-state index in [4.69, 9.17) is 38.4 Å². The average Bonchev–Trinajstić information content (AvgIpc) is 2.85. The summed E-state index contributed by atoms with van der Waals surface area (Å²) in [5.74, 6) is -0.234. The lowest BCUT2D eigenvalue weighted by Crippen LogP contribution is -2.54. The third kappa shape index (κ3) is 7.76. The first kappa shape index (κ1) is 29.1. The number of nitrogens with one attached hydrogen (secondary N) is 2. The SMILES string of the molecule is COc1cc(N)c(Cl)cc1C(=O)N[C@@H]1CCN(CCCCNc2ncc(Cl)cc2C(F)(F)F)C[C@@H]1OC. The van der Waals surface area contributed by atoms with Crippen molar-refractivity contribution in [3.05, 3.63) is 45.6 Å². The predicted molar refractivity (Wildman–Crippen MR) is 137 cm³/mol. The van der Waals surface area contributed by atoms with Crippen LogP contribution >= 0.6 is 23.2 Å². The van der Waals surface area contributed by atoms with Crippen molar-refractivity contribution >= 4 is 40.6 Å². The fourth-order valence-electron chi connectivity index (χ4n) is 4.21. The summed E-state index contributed by atoms with van der Waals surface area (Å²) in [6.45, 7) is 2.41. The zero-order valence-electron chi connectivity index (χ0n) is 20.5. The number of halogens is 5. The number of nitrogen functional groups attached to an aromatic ring is 1. The molecule has 0 bridgehead atoms. The van der Waals surface area contributed by atoms with Gasteiger partial charge in [-0.25, -0.2) is 4.98 Å². The molecule has 2 heterocycles. The quantitative estimate of drug-likeness (QED) is 0.284. The number of unbranched alkanes of at least 4 members (excludes halogenated alkanes) is 1. The number of amides is 1. The second-order valence-electron chi connectivity index (χ2n) is 8.70. The molecule has 204 valence electrons. The van der Waals surface area contributed by atoms with Crippen LogP contribution in [-0.4, -0.2) is 68.3 Å². The Labute approximate surface area is 223 Å². The third-order valence-electron chi connectivity index (χ3n) is 6.18. The molecular formula is C24H30Cl2F3N5O3. The summed E-state index contributed by atoms with van der Waals surface area (Å²) in [5.41, 5.74) is 5.52. The highest BCUT2D eigenvalue weighted by molar-refractivity contribution is 6.33. The molecule has 37 heavy (non-hydrogen) atoms. The van der Waals surface area contributed by atoms with Gasteiger partial charge in [0.05, 0.1) is 46.1 Å². The van der Waals surface area contributed by atoms with Crippen LogP contribution in [0.3, 0.4) is 0 Å². The summed E-state index contributed by atoms with van der Waals surface area (Å²) in [7, 11) is 3.04. The van der Waals surface area contributed by atoms with Gasteiger partial charge in [0.25, 0.3) is 5.91 Å². The van der Waals surface area contributed by atoms with Crippen molar-refractivity contribution in [3.8, 4) is 5.75 Å². The number of carbonyl (C=O) groups is 1. The van der Waals surface area contributed by atoms with Gasteiger partial charge in [-0.05, 0) is 37.9 Å². The van der Waals surface area contributed by atoms with Crippen LogP contribution in [0, 0.1) is 0 Å². The molecule has 1 fully saturated rings. The summed E-state index contributed by atoms with van der Waals surface area (Å²) in [6.07, 6.45) is -1.52. The van der Waals surface area contributed by atoms with E-state index in [1.165, 1.54) is 25.4 Å². The molecule has 8 nitrogen and oxygen atoms in total. The number of carbonyl (C=O) groups excluding carboxylic acids is 1. The molecule has 1 aromatic heterocycles. The number of anilines is 2. The van der Waals surface area contributed by atoms with E-state index in [1.54, 1.807) is 7.11 Å². The summed E-state index contributed by atoms with van der Waals surface area (Å²) in [4.78, 5) is 18.9. The Balaban J connectivity index is 1.47. The average molecular weight is 564 g/mol. The van der Waals surface area contributed by atoms with E-state index in [1.807, 2.05) is 0 Å². The van der Waals surface area contributed by atoms with Gasteiger partial charge in [-0.2, -0.15) is 13.2 Å². The predicted octanol–water partition coefficient (Wildman–Crippen LogP) is 4.71. The number of aromatic nitrogens is 1. The minimum Gasteiger partial charge on any atom is -0.496 e. The van der Waals surface area contributed by atoms with Crippen LogP contribution in [0.25, 0.3) is 0 Å². The van der Waals surface area contributed by atoms with Crippen molar-refractivity contribution in [1.29, 1.82) is 0 Å². The van der Waals surface area contributed by atoms with Gasteiger partial charge in [0.1, 0.15) is 11.6 Å². The first-order valence-electron chi connectivity index (χ1n) is 11.7. The van der Waals surface area contributed by atoms with Crippen LogP contribution in [0.2, 0.25) is 10.0 Å². The second kappa shape index (κ2) is 12.9. The van der Waals surface area contributed by atoms with Crippen molar-refractivity contribution in [2.75, 3.05) is 51.4 Å². The van der Waals surface area contributed by atoms with Crippen LogP contribution < -0.4 is 21.1 Å². The number of alkyl halides is 3. The van der Waals surface area contributed by atoms with Gasteiger partial charge < -0.3 is 30.7 Å². The van der Waals surface area contributed by atoms with Gasteiger partial charge in [0.15, 0.2) is 0 Å². The molecule has 0 unspecified atom stereocenters. The summed E-state index contributed by atoms with van der Waals surface area (Å²) in [5, 5.41) is 5.96. The molecule has 4 N–H and O–H groups in total. The minimum absolute atomic E-state index is 0.0680. The number of methoxy groups -OCH3 is 2. The Kier molecular flexibility index (Phi) is 10.1. The molecule has 1 aromatic carbocycles. The van der Waals surface area contributed by atoms with E-state index < -0.39 is 11.7 Å². The molecule has 2 aromatic rings. The lowest BCUT2D eigenvalue weighted by Gasteiger charge is -2.38. The Bertz CT molecular complexity index is 1090. The van der Waals surface area contributed by atoms with Gasteiger partial charge >= 0.3 is 6.18 Å². The maximum Gasteiger partial charge on any atom is 0.420 e. The molecule has 0 spiro atoms. The van der Waals surface area contributed by atoms with E-state index in [0.29, 0.717) is 37.4 Å². The van der Waals surface area contributed by atoms with Gasteiger partial charge in [-0.1, -0.05) is 23.2 Å². The van der Waals surface area contributed by atoms with E-state index in [9.17, 15) is 18.0 Å². The van der Waals surface area contributed by atoms with Gasteiger partial charge in [-0.3, -0.25) is 4.79 Å². The molecule has 3 rings (SSSR count). The number of pyridine rings is 1. The fraction of sp³-hybridized carbons (Fsp3) is 0.500. The van der Waals surface area contributed by atoms with Crippen LogP contribution in [-0.2, 0) is 10.9 Å². The topological polar surface area (TPSA) is 102 Å². The zero-order chi connectivity index (χ0) is 27.2. The van der Waals surface area contributed by atoms with E-state index in [0.717, 1.165) is 25.6 Å².